The molecule has 2 aliphatic heterocycles. The predicted molar refractivity (Wildman–Crippen MR) is 97.6 cm³/mol. The number of unbranched alkanes of at least 4 members (excludes halogenated alkanes) is 2. The molecule has 9 nitrogen and oxygen atoms in total. The second-order valence-electron chi connectivity index (χ2n) is 6.60. The third kappa shape index (κ3) is 5.88. The van der Waals surface area contributed by atoms with Crippen molar-refractivity contribution in [3.05, 3.63) is 0 Å². The highest BCUT2D eigenvalue weighted by atomic mass is 32.2. The van der Waals surface area contributed by atoms with Gasteiger partial charge in [-0.25, -0.2) is 8.42 Å². The van der Waals surface area contributed by atoms with Crippen molar-refractivity contribution in [3.8, 4) is 0 Å². The summed E-state index contributed by atoms with van der Waals surface area (Å²) in [5, 5.41) is 0. The number of morpholine rings is 1. The number of nitrogens with zero attached hydrogens (tertiary/aromatic N) is 3. The van der Waals surface area contributed by atoms with E-state index in [1.54, 1.807) is 0 Å². The van der Waals surface area contributed by atoms with Gasteiger partial charge in [-0.05, 0) is 6.42 Å². The predicted octanol–water partition coefficient (Wildman–Crippen LogP) is -0.687. The Bertz CT molecular complexity index is 665. The molecule has 0 unspecified atom stereocenters. The molecule has 2 rings (SSSR count). The van der Waals surface area contributed by atoms with E-state index in [1.807, 2.05) is 6.92 Å². The molecule has 0 saturated carbocycles. The van der Waals surface area contributed by atoms with Gasteiger partial charge in [0, 0.05) is 39.3 Å². The summed E-state index contributed by atoms with van der Waals surface area (Å²) in [6.45, 7) is 4.21. The molecule has 26 heavy (non-hydrogen) atoms. The van der Waals surface area contributed by atoms with Gasteiger partial charge in [0.1, 0.15) is 5.75 Å². The number of carbonyl (C=O) groups excluding carboxylic acids is 1. The zero-order valence-electron chi connectivity index (χ0n) is 15.3. The van der Waals surface area contributed by atoms with E-state index in [2.05, 4.69) is 0 Å². The first-order chi connectivity index (χ1) is 12.3. The number of sulfone groups is 1. The van der Waals surface area contributed by atoms with Crippen LogP contribution in [0.4, 0.5) is 0 Å². The van der Waals surface area contributed by atoms with Crippen LogP contribution in [-0.2, 0) is 29.6 Å². The Hall–Kier alpha value is -0.750. The van der Waals surface area contributed by atoms with E-state index in [9.17, 15) is 21.6 Å². The first-order valence-corrected chi connectivity index (χ1v) is 12.3. The Morgan fingerprint density at radius 2 is 1.46 bits per heavy atom. The van der Waals surface area contributed by atoms with Crippen LogP contribution in [0.2, 0.25) is 0 Å². The summed E-state index contributed by atoms with van der Waals surface area (Å²) >= 11 is 0. The standard InChI is InChI=1S/C15H29N3O6S2/c1-2-3-4-13-25(20,21)14-15(19)16-5-7-17(8-6-16)26(22,23)18-9-11-24-12-10-18/h2-14H2,1H3. The zero-order valence-corrected chi connectivity index (χ0v) is 16.9. The molecule has 0 radical (unpaired) electrons. The number of carbonyl (C=O) groups is 1. The number of hydrogen-bond acceptors (Lipinski definition) is 6. The molecule has 0 spiro atoms. The highest BCUT2D eigenvalue weighted by molar-refractivity contribution is 7.92. The third-order valence-electron chi connectivity index (χ3n) is 4.62. The molecule has 0 bridgehead atoms. The first kappa shape index (κ1) is 21.5. The zero-order chi connectivity index (χ0) is 19.2. The van der Waals surface area contributed by atoms with Crippen LogP contribution in [0, 0.1) is 0 Å². The quantitative estimate of drug-likeness (QED) is 0.490. The number of amides is 1. The minimum atomic E-state index is -3.55. The van der Waals surface area contributed by atoms with Gasteiger partial charge in [-0.1, -0.05) is 19.8 Å². The van der Waals surface area contributed by atoms with E-state index in [0.29, 0.717) is 32.7 Å². The molecular formula is C15H29N3O6S2. The van der Waals surface area contributed by atoms with E-state index in [4.69, 9.17) is 4.74 Å². The van der Waals surface area contributed by atoms with Gasteiger partial charge in [0.2, 0.25) is 5.91 Å². The number of piperazine rings is 1. The molecule has 1 amide bonds. The second kappa shape index (κ2) is 9.45. The fraction of sp³-hybridized carbons (Fsp3) is 0.933. The monoisotopic (exact) mass is 411 g/mol. The molecule has 2 heterocycles. The summed E-state index contributed by atoms with van der Waals surface area (Å²) in [6, 6.07) is 0. The van der Waals surface area contributed by atoms with Gasteiger partial charge in [0.15, 0.2) is 9.84 Å². The van der Waals surface area contributed by atoms with Crippen LogP contribution in [0.15, 0.2) is 0 Å². The summed E-state index contributed by atoms with van der Waals surface area (Å²) in [4.78, 5) is 13.7. The molecule has 0 aromatic rings. The van der Waals surface area contributed by atoms with Crippen molar-refractivity contribution in [2.24, 2.45) is 0 Å². The SMILES string of the molecule is CCCCCS(=O)(=O)CC(=O)N1CCN(S(=O)(=O)N2CCOCC2)CC1. The summed E-state index contributed by atoms with van der Waals surface area (Å²) in [5.41, 5.74) is 0. The number of rotatable bonds is 8. The van der Waals surface area contributed by atoms with E-state index in [0.717, 1.165) is 12.8 Å². The lowest BCUT2D eigenvalue weighted by Crippen LogP contribution is -2.56. The molecule has 0 aromatic heterocycles. The highest BCUT2D eigenvalue weighted by Gasteiger charge is 2.34. The lowest BCUT2D eigenvalue weighted by molar-refractivity contribution is -0.129. The van der Waals surface area contributed by atoms with Crippen molar-refractivity contribution < 1.29 is 26.4 Å². The maximum absolute atomic E-state index is 12.6. The van der Waals surface area contributed by atoms with E-state index < -0.39 is 31.7 Å². The average Bonchev–Trinajstić information content (AvgIpc) is 2.62. The van der Waals surface area contributed by atoms with Crippen molar-refractivity contribution in [1.29, 1.82) is 0 Å². The maximum atomic E-state index is 12.6. The lowest BCUT2D eigenvalue weighted by Gasteiger charge is -2.37. The Labute approximate surface area is 156 Å². The van der Waals surface area contributed by atoms with Crippen LogP contribution in [-0.4, -0.2) is 100 Å². The molecule has 0 atom stereocenters. The van der Waals surface area contributed by atoms with Crippen LogP contribution in [0.1, 0.15) is 26.2 Å². The Morgan fingerprint density at radius 3 is 2.04 bits per heavy atom. The topological polar surface area (TPSA) is 104 Å². The van der Waals surface area contributed by atoms with E-state index in [1.165, 1.54) is 13.5 Å². The van der Waals surface area contributed by atoms with Gasteiger partial charge < -0.3 is 9.64 Å². The largest absolute Gasteiger partial charge is 0.379 e. The summed E-state index contributed by atoms with van der Waals surface area (Å²) in [7, 11) is -6.96. The molecule has 11 heteroatoms. The minimum Gasteiger partial charge on any atom is -0.379 e. The second-order valence-corrected chi connectivity index (χ2v) is 10.7. The highest BCUT2D eigenvalue weighted by Crippen LogP contribution is 2.14. The Morgan fingerprint density at radius 1 is 0.885 bits per heavy atom. The van der Waals surface area contributed by atoms with Crippen LogP contribution < -0.4 is 0 Å². The van der Waals surface area contributed by atoms with Crippen molar-refractivity contribution in [2.75, 3.05) is 64.0 Å². The molecule has 0 N–H and O–H groups in total. The summed E-state index contributed by atoms with van der Waals surface area (Å²) in [5.74, 6) is -0.907. The van der Waals surface area contributed by atoms with Gasteiger partial charge >= 0.3 is 0 Å². The minimum absolute atomic E-state index is 0.0257. The maximum Gasteiger partial charge on any atom is 0.282 e. The Balaban J connectivity index is 1.84. The van der Waals surface area contributed by atoms with Gasteiger partial charge in [-0.15, -0.1) is 0 Å². The molecule has 0 aromatic carbocycles. The fourth-order valence-corrected chi connectivity index (χ4v) is 5.94. The summed E-state index contributed by atoms with van der Waals surface area (Å²) < 4.78 is 57.1. The van der Waals surface area contributed by atoms with Crippen molar-refractivity contribution in [2.45, 2.75) is 26.2 Å². The lowest BCUT2D eigenvalue weighted by atomic mass is 10.3. The van der Waals surface area contributed by atoms with Crippen LogP contribution in [0.3, 0.4) is 0 Å². The summed E-state index contributed by atoms with van der Waals surface area (Å²) in [6.07, 6.45) is 2.31. The van der Waals surface area contributed by atoms with Crippen LogP contribution in [0.25, 0.3) is 0 Å². The molecule has 2 saturated heterocycles. The van der Waals surface area contributed by atoms with Crippen molar-refractivity contribution in [3.63, 3.8) is 0 Å². The fourth-order valence-electron chi connectivity index (χ4n) is 3.03. The Kier molecular flexibility index (Phi) is 7.83. The smallest absolute Gasteiger partial charge is 0.282 e. The normalized spacial score (nSPS) is 21.0. The number of hydrogen-bond donors (Lipinski definition) is 0. The van der Waals surface area contributed by atoms with Gasteiger partial charge in [-0.3, -0.25) is 4.79 Å². The van der Waals surface area contributed by atoms with Gasteiger partial charge in [-0.2, -0.15) is 17.0 Å². The molecular weight excluding hydrogens is 382 g/mol. The van der Waals surface area contributed by atoms with Crippen LogP contribution in [0.5, 0.6) is 0 Å². The first-order valence-electron chi connectivity index (χ1n) is 9.07. The van der Waals surface area contributed by atoms with Crippen molar-refractivity contribution >= 4 is 26.0 Å². The molecule has 2 fully saturated rings. The van der Waals surface area contributed by atoms with Gasteiger partial charge in [0.25, 0.3) is 10.2 Å². The third-order valence-corrected chi connectivity index (χ3v) is 8.25. The van der Waals surface area contributed by atoms with Gasteiger partial charge in [0.05, 0.1) is 19.0 Å². The molecule has 2 aliphatic rings. The average molecular weight is 412 g/mol. The van der Waals surface area contributed by atoms with Crippen molar-refractivity contribution in [1.82, 2.24) is 13.5 Å². The molecule has 152 valence electrons. The molecule has 0 aliphatic carbocycles. The number of ether oxygens (including phenoxy) is 1. The van der Waals surface area contributed by atoms with E-state index in [-0.39, 0.29) is 31.9 Å². The van der Waals surface area contributed by atoms with E-state index >= 15 is 0 Å². The van der Waals surface area contributed by atoms with Crippen LogP contribution >= 0.6 is 0 Å².